The number of hydrazone groups is 1. The molecule has 2 N–H and O–H groups in total. The zero-order valence-corrected chi connectivity index (χ0v) is 13.0. The lowest BCUT2D eigenvalue weighted by Crippen LogP contribution is -1.89. The van der Waals surface area contributed by atoms with Crippen molar-refractivity contribution in [2.75, 3.05) is 5.43 Å². The second-order valence-electron chi connectivity index (χ2n) is 5.06. The number of nitrogens with zero attached hydrogens (tertiary/aromatic N) is 2. The maximum absolute atomic E-state index is 4.55. The van der Waals surface area contributed by atoms with Crippen LogP contribution in [-0.2, 0) is 0 Å². The minimum Gasteiger partial charge on any atom is -0.361 e. The Labute approximate surface area is 137 Å². The molecule has 0 saturated carbocycles. The van der Waals surface area contributed by atoms with Crippen molar-refractivity contribution in [1.29, 1.82) is 0 Å². The molecule has 2 heterocycles. The fraction of sp³-hybridized carbons (Fsp3) is 0. The Morgan fingerprint density at radius 2 is 1.87 bits per heavy atom. The Bertz CT molecular complexity index is 953. The number of hydrogen-bond donors (Lipinski definition) is 2. The summed E-state index contributed by atoms with van der Waals surface area (Å²) in [4.78, 5) is 7.78. The number of anilines is 1. The number of thiazole rings is 1. The number of fused-ring (bicyclic) bond motifs is 1. The molecule has 0 aliphatic carbocycles. The molecule has 0 atom stereocenters. The Morgan fingerprint density at radius 1 is 1.04 bits per heavy atom. The minimum absolute atomic E-state index is 0.778. The Morgan fingerprint density at radius 3 is 2.78 bits per heavy atom. The zero-order valence-electron chi connectivity index (χ0n) is 12.2. The van der Waals surface area contributed by atoms with Gasteiger partial charge >= 0.3 is 0 Å². The van der Waals surface area contributed by atoms with E-state index >= 15 is 0 Å². The molecule has 2 aromatic carbocycles. The zero-order chi connectivity index (χ0) is 15.5. The first kappa shape index (κ1) is 13.7. The van der Waals surface area contributed by atoms with Gasteiger partial charge in [0.25, 0.3) is 0 Å². The van der Waals surface area contributed by atoms with Crippen LogP contribution >= 0.6 is 11.3 Å². The first-order chi connectivity index (χ1) is 11.4. The summed E-state index contributed by atoms with van der Waals surface area (Å²) in [5.41, 5.74) is 7.22. The summed E-state index contributed by atoms with van der Waals surface area (Å²) < 4.78 is 0. The molecule has 0 radical (unpaired) electrons. The second-order valence-corrected chi connectivity index (χ2v) is 5.92. The predicted octanol–water partition coefficient (Wildman–Crippen LogP) is 4.74. The van der Waals surface area contributed by atoms with Crippen molar-refractivity contribution in [2.24, 2.45) is 5.10 Å². The highest BCUT2D eigenvalue weighted by molar-refractivity contribution is 7.14. The minimum atomic E-state index is 0.778. The van der Waals surface area contributed by atoms with Crippen molar-refractivity contribution < 1.29 is 0 Å². The van der Waals surface area contributed by atoms with Gasteiger partial charge in [0.15, 0.2) is 0 Å². The number of nitrogens with one attached hydrogen (secondary N) is 2. The largest absolute Gasteiger partial charge is 0.361 e. The van der Waals surface area contributed by atoms with E-state index in [1.54, 1.807) is 11.3 Å². The maximum atomic E-state index is 4.55. The number of benzene rings is 2. The summed E-state index contributed by atoms with van der Waals surface area (Å²) >= 11 is 1.54. The maximum Gasteiger partial charge on any atom is 0.203 e. The summed E-state index contributed by atoms with van der Waals surface area (Å²) in [5.74, 6) is 0. The van der Waals surface area contributed by atoms with E-state index in [1.807, 2.05) is 66.3 Å². The third-order valence-corrected chi connectivity index (χ3v) is 4.31. The Hall–Kier alpha value is -2.92. The van der Waals surface area contributed by atoms with E-state index in [0.717, 1.165) is 32.9 Å². The monoisotopic (exact) mass is 318 g/mol. The van der Waals surface area contributed by atoms with Gasteiger partial charge in [-0.25, -0.2) is 4.98 Å². The van der Waals surface area contributed by atoms with Crippen LogP contribution in [0.15, 0.2) is 71.3 Å². The molecule has 0 aliphatic heterocycles. The molecule has 0 unspecified atom stereocenters. The van der Waals surface area contributed by atoms with Crippen LogP contribution < -0.4 is 5.43 Å². The highest BCUT2D eigenvalue weighted by Gasteiger charge is 2.03. The fourth-order valence-electron chi connectivity index (χ4n) is 2.42. The molecule has 2 aromatic heterocycles. The number of aromatic amines is 1. The van der Waals surface area contributed by atoms with Crippen LogP contribution in [0.1, 0.15) is 5.56 Å². The van der Waals surface area contributed by atoms with Crippen LogP contribution in [0.25, 0.3) is 22.2 Å². The molecular weight excluding hydrogens is 304 g/mol. The quantitative estimate of drug-likeness (QED) is 0.422. The molecule has 0 amide bonds. The fourth-order valence-corrected chi connectivity index (χ4v) is 3.09. The van der Waals surface area contributed by atoms with Crippen molar-refractivity contribution in [1.82, 2.24) is 9.97 Å². The van der Waals surface area contributed by atoms with E-state index in [-0.39, 0.29) is 0 Å². The molecular formula is C18H14N4S. The van der Waals surface area contributed by atoms with Crippen LogP contribution in [-0.4, -0.2) is 16.2 Å². The Kier molecular flexibility index (Phi) is 3.62. The van der Waals surface area contributed by atoms with Crippen LogP contribution in [0.4, 0.5) is 5.13 Å². The summed E-state index contributed by atoms with van der Waals surface area (Å²) in [6, 6.07) is 18.3. The third kappa shape index (κ3) is 2.86. The standard InChI is InChI=1S/C18H14N4S/c1-2-6-13(7-3-1)17-12-23-18(21-17)22-20-11-14-10-19-16-9-5-4-8-15(14)16/h1-12,19H,(H,21,22)/b20-11+. The van der Waals surface area contributed by atoms with Crippen LogP contribution in [0.3, 0.4) is 0 Å². The van der Waals surface area contributed by atoms with Crippen molar-refractivity contribution in [3.05, 3.63) is 71.7 Å². The number of aromatic nitrogens is 2. The van der Waals surface area contributed by atoms with Gasteiger partial charge in [-0.15, -0.1) is 11.3 Å². The highest BCUT2D eigenvalue weighted by Crippen LogP contribution is 2.24. The number of rotatable bonds is 4. The van der Waals surface area contributed by atoms with E-state index in [9.17, 15) is 0 Å². The van der Waals surface area contributed by atoms with Gasteiger partial charge in [0.1, 0.15) is 0 Å². The molecule has 5 heteroatoms. The molecule has 4 rings (SSSR count). The van der Waals surface area contributed by atoms with E-state index in [2.05, 4.69) is 26.6 Å². The van der Waals surface area contributed by atoms with Crippen molar-refractivity contribution in [2.45, 2.75) is 0 Å². The lowest BCUT2D eigenvalue weighted by molar-refractivity contribution is 1.29. The number of H-pyrrole nitrogens is 1. The van der Waals surface area contributed by atoms with Crippen molar-refractivity contribution >= 4 is 33.6 Å². The highest BCUT2D eigenvalue weighted by atomic mass is 32.1. The van der Waals surface area contributed by atoms with Gasteiger partial charge in [0.05, 0.1) is 11.9 Å². The van der Waals surface area contributed by atoms with Gasteiger partial charge in [-0.2, -0.15) is 5.10 Å². The van der Waals surface area contributed by atoms with Gasteiger partial charge in [0.2, 0.25) is 5.13 Å². The average Bonchev–Trinajstić information content (AvgIpc) is 3.23. The van der Waals surface area contributed by atoms with Crippen LogP contribution in [0, 0.1) is 0 Å². The number of hydrogen-bond acceptors (Lipinski definition) is 4. The predicted molar refractivity (Wildman–Crippen MR) is 97.1 cm³/mol. The van der Waals surface area contributed by atoms with Crippen molar-refractivity contribution in [3.63, 3.8) is 0 Å². The smallest absolute Gasteiger partial charge is 0.203 e. The van der Waals surface area contributed by atoms with E-state index in [4.69, 9.17) is 0 Å². The van der Waals surface area contributed by atoms with E-state index < -0.39 is 0 Å². The summed E-state index contributed by atoms with van der Waals surface area (Å²) in [7, 11) is 0. The molecule has 0 aliphatic rings. The third-order valence-electron chi connectivity index (χ3n) is 3.56. The van der Waals surface area contributed by atoms with Crippen molar-refractivity contribution in [3.8, 4) is 11.3 Å². The van der Waals surface area contributed by atoms with Gasteiger partial charge in [-0.3, -0.25) is 5.43 Å². The normalized spacial score (nSPS) is 11.3. The SMILES string of the molecule is C(=N\Nc1nc(-c2ccccc2)cs1)/c1c[nH]c2ccccc12. The topological polar surface area (TPSA) is 53.1 Å². The lowest BCUT2D eigenvalue weighted by atomic mass is 10.2. The lowest BCUT2D eigenvalue weighted by Gasteiger charge is -1.95. The van der Waals surface area contributed by atoms with E-state index in [1.165, 1.54) is 0 Å². The summed E-state index contributed by atoms with van der Waals surface area (Å²) in [5, 5.41) is 8.25. The van der Waals surface area contributed by atoms with Crippen LogP contribution in [0.5, 0.6) is 0 Å². The molecule has 4 nitrogen and oxygen atoms in total. The first-order valence-corrected chi connectivity index (χ1v) is 8.14. The summed E-state index contributed by atoms with van der Waals surface area (Å²) in [6.45, 7) is 0. The second kappa shape index (κ2) is 6.06. The molecule has 112 valence electrons. The van der Waals surface area contributed by atoms with Gasteiger partial charge in [0, 0.05) is 33.6 Å². The average molecular weight is 318 g/mol. The molecule has 0 spiro atoms. The molecule has 0 fully saturated rings. The molecule has 4 aromatic rings. The Balaban J connectivity index is 1.50. The molecule has 0 saturated heterocycles. The molecule has 0 bridgehead atoms. The van der Waals surface area contributed by atoms with Gasteiger partial charge in [-0.05, 0) is 6.07 Å². The van der Waals surface area contributed by atoms with E-state index in [0.29, 0.717) is 0 Å². The number of para-hydroxylation sites is 1. The van der Waals surface area contributed by atoms with Crippen LogP contribution in [0.2, 0.25) is 0 Å². The van der Waals surface area contributed by atoms with Gasteiger partial charge in [-0.1, -0.05) is 48.5 Å². The molecule has 23 heavy (non-hydrogen) atoms. The van der Waals surface area contributed by atoms with Gasteiger partial charge < -0.3 is 4.98 Å². The first-order valence-electron chi connectivity index (χ1n) is 7.26. The summed E-state index contributed by atoms with van der Waals surface area (Å²) in [6.07, 6.45) is 3.76.